The highest BCUT2D eigenvalue weighted by molar-refractivity contribution is 7.98. The molecule has 162 valence electrons. The zero-order valence-electron chi connectivity index (χ0n) is 17.1. The van der Waals surface area contributed by atoms with Crippen molar-refractivity contribution in [1.29, 1.82) is 0 Å². The molecule has 5 rings (SSSR count). The quantitative estimate of drug-likeness (QED) is 0.420. The number of para-hydroxylation sites is 3. The summed E-state index contributed by atoms with van der Waals surface area (Å²) >= 11 is 2.92. The van der Waals surface area contributed by atoms with Crippen LogP contribution >= 0.6 is 23.1 Å². The smallest absolute Gasteiger partial charge is 0.223 e. The third-order valence-electron chi connectivity index (χ3n) is 4.65. The number of thiazole rings is 1. The van der Waals surface area contributed by atoms with E-state index in [2.05, 4.69) is 20.5 Å². The largest absolute Gasteiger partial charge is 0.485 e. The summed E-state index contributed by atoms with van der Waals surface area (Å²) in [5.74, 6) is 2.54. The minimum Gasteiger partial charge on any atom is -0.485 e. The molecule has 2 aromatic carbocycles. The lowest BCUT2D eigenvalue weighted by atomic mass is 10.2. The minimum absolute atomic E-state index is 0.136. The topological polar surface area (TPSA) is 91.2 Å². The molecule has 1 N–H and O–H groups in total. The number of nitrogens with zero attached hydrogens (tertiary/aromatic N) is 4. The van der Waals surface area contributed by atoms with Gasteiger partial charge in [0.05, 0.1) is 5.69 Å². The Bertz CT molecular complexity index is 1240. The summed E-state index contributed by atoms with van der Waals surface area (Å²) in [6.07, 6.45) is -0.391. The fourth-order valence-corrected chi connectivity index (χ4v) is 4.98. The van der Waals surface area contributed by atoms with Crippen molar-refractivity contribution in [3.05, 3.63) is 71.5 Å². The predicted molar refractivity (Wildman–Crippen MR) is 123 cm³/mol. The van der Waals surface area contributed by atoms with Gasteiger partial charge in [0.2, 0.25) is 5.91 Å². The van der Waals surface area contributed by atoms with Crippen molar-refractivity contribution in [2.24, 2.45) is 0 Å². The molecule has 10 heteroatoms. The maximum atomic E-state index is 11.2. The summed E-state index contributed by atoms with van der Waals surface area (Å²) in [6.45, 7) is 1.81. The number of amides is 1. The van der Waals surface area contributed by atoms with Crippen molar-refractivity contribution in [1.82, 2.24) is 19.7 Å². The predicted octanol–water partition coefficient (Wildman–Crippen LogP) is 4.49. The number of hydrogen-bond acceptors (Lipinski definition) is 8. The molecule has 1 aliphatic heterocycles. The summed E-state index contributed by atoms with van der Waals surface area (Å²) in [5, 5.41) is 14.9. The van der Waals surface area contributed by atoms with Gasteiger partial charge in [0.1, 0.15) is 6.61 Å². The number of carbonyl (C=O) groups excluding carboxylic acids is 1. The van der Waals surface area contributed by atoms with E-state index in [1.54, 1.807) is 0 Å². The molecule has 0 unspecified atom stereocenters. The molecule has 0 aliphatic carbocycles. The number of anilines is 1. The van der Waals surface area contributed by atoms with Crippen LogP contribution in [0.4, 0.5) is 5.13 Å². The Hall–Kier alpha value is -3.37. The number of thioether (sulfide) groups is 1. The van der Waals surface area contributed by atoms with E-state index in [1.807, 2.05) is 64.5 Å². The van der Waals surface area contributed by atoms with Gasteiger partial charge in [-0.05, 0) is 24.3 Å². The van der Waals surface area contributed by atoms with E-state index >= 15 is 0 Å². The van der Waals surface area contributed by atoms with Crippen LogP contribution in [-0.4, -0.2) is 32.3 Å². The monoisotopic (exact) mass is 465 g/mol. The molecule has 3 heterocycles. The van der Waals surface area contributed by atoms with Crippen LogP contribution in [0.3, 0.4) is 0 Å². The highest BCUT2D eigenvalue weighted by Gasteiger charge is 2.29. The molecule has 0 saturated carbocycles. The third-order valence-corrected chi connectivity index (χ3v) is 6.42. The Morgan fingerprint density at radius 3 is 2.75 bits per heavy atom. The first-order valence-electron chi connectivity index (χ1n) is 9.91. The van der Waals surface area contributed by atoms with Gasteiger partial charge in [0.15, 0.2) is 33.7 Å². The van der Waals surface area contributed by atoms with Gasteiger partial charge >= 0.3 is 0 Å². The maximum Gasteiger partial charge on any atom is 0.223 e. The average molecular weight is 466 g/mol. The first-order chi connectivity index (χ1) is 15.7. The molecule has 32 heavy (non-hydrogen) atoms. The molecule has 8 nitrogen and oxygen atoms in total. The van der Waals surface area contributed by atoms with E-state index in [9.17, 15) is 4.79 Å². The summed E-state index contributed by atoms with van der Waals surface area (Å²) in [5.41, 5.74) is 1.80. The molecule has 0 fully saturated rings. The minimum atomic E-state index is -0.391. The van der Waals surface area contributed by atoms with Gasteiger partial charge in [-0.1, -0.05) is 42.1 Å². The van der Waals surface area contributed by atoms with Crippen LogP contribution in [0.15, 0.2) is 65.1 Å². The molecule has 0 bridgehead atoms. The van der Waals surface area contributed by atoms with Gasteiger partial charge in [-0.3, -0.25) is 9.36 Å². The Morgan fingerprint density at radius 2 is 1.94 bits per heavy atom. The standard InChI is InChI=1S/C22H19N5O3S2/c1-14(28)23-21-24-15(12-31-21)13-32-22-26-25-20(27(22)16-7-3-2-4-8-16)19-11-29-17-9-5-6-10-18(17)30-19/h2-10,12,19H,11,13H2,1H3,(H,23,24,28)/t19-/m0/s1. The zero-order chi connectivity index (χ0) is 21.9. The van der Waals surface area contributed by atoms with Gasteiger partial charge in [0.25, 0.3) is 0 Å². The highest BCUT2D eigenvalue weighted by Crippen LogP contribution is 2.37. The number of fused-ring (bicyclic) bond motifs is 1. The van der Waals surface area contributed by atoms with E-state index in [0.29, 0.717) is 29.1 Å². The second-order valence-electron chi connectivity index (χ2n) is 6.99. The van der Waals surface area contributed by atoms with Crippen LogP contribution in [0.5, 0.6) is 11.5 Å². The van der Waals surface area contributed by atoms with Crippen molar-refractivity contribution in [3.8, 4) is 17.2 Å². The average Bonchev–Trinajstić information content (AvgIpc) is 3.44. The normalized spacial score (nSPS) is 14.8. The third kappa shape index (κ3) is 4.32. The SMILES string of the molecule is CC(=O)Nc1nc(CSc2nnc([C@@H]3COc4ccccc4O3)n2-c2ccccc2)cs1. The van der Waals surface area contributed by atoms with Crippen LogP contribution in [0.25, 0.3) is 5.69 Å². The van der Waals surface area contributed by atoms with E-state index in [-0.39, 0.29) is 5.91 Å². The Kier molecular flexibility index (Phi) is 5.78. The molecule has 0 spiro atoms. The summed E-state index contributed by atoms with van der Waals surface area (Å²) in [4.78, 5) is 15.7. The number of hydrogen-bond donors (Lipinski definition) is 1. The van der Waals surface area contributed by atoms with Gasteiger partial charge in [-0.15, -0.1) is 21.5 Å². The van der Waals surface area contributed by atoms with Gasteiger partial charge in [-0.2, -0.15) is 0 Å². The van der Waals surface area contributed by atoms with Gasteiger partial charge < -0.3 is 14.8 Å². The first kappa shape index (κ1) is 20.5. The fraction of sp³-hybridized carbons (Fsp3) is 0.182. The lowest BCUT2D eigenvalue weighted by Crippen LogP contribution is -2.24. The second-order valence-corrected chi connectivity index (χ2v) is 8.79. The Balaban J connectivity index is 1.42. The van der Waals surface area contributed by atoms with Crippen molar-refractivity contribution >= 4 is 34.1 Å². The van der Waals surface area contributed by atoms with Gasteiger partial charge in [0, 0.05) is 23.7 Å². The number of carbonyl (C=O) groups is 1. The number of benzene rings is 2. The molecule has 2 aromatic heterocycles. The molecule has 1 amide bonds. The van der Waals surface area contributed by atoms with Crippen LogP contribution < -0.4 is 14.8 Å². The van der Waals surface area contributed by atoms with Crippen LogP contribution in [0.2, 0.25) is 0 Å². The maximum absolute atomic E-state index is 11.2. The lowest BCUT2D eigenvalue weighted by molar-refractivity contribution is -0.114. The molecular formula is C22H19N5O3S2. The zero-order valence-corrected chi connectivity index (χ0v) is 18.7. The lowest BCUT2D eigenvalue weighted by Gasteiger charge is -2.26. The summed E-state index contributed by atoms with van der Waals surface area (Å²) < 4.78 is 14.1. The number of aromatic nitrogens is 4. The van der Waals surface area contributed by atoms with Crippen molar-refractivity contribution in [2.45, 2.75) is 23.9 Å². The molecule has 4 aromatic rings. The number of nitrogens with one attached hydrogen (secondary N) is 1. The van der Waals surface area contributed by atoms with E-state index in [1.165, 1.54) is 30.0 Å². The molecular weight excluding hydrogens is 446 g/mol. The van der Waals surface area contributed by atoms with Crippen molar-refractivity contribution in [2.75, 3.05) is 11.9 Å². The van der Waals surface area contributed by atoms with E-state index in [0.717, 1.165) is 22.3 Å². The summed E-state index contributed by atoms with van der Waals surface area (Å²) in [7, 11) is 0. The van der Waals surface area contributed by atoms with E-state index < -0.39 is 6.10 Å². The molecule has 1 aliphatic rings. The first-order valence-corrected chi connectivity index (χ1v) is 11.8. The number of rotatable bonds is 6. The molecule has 0 saturated heterocycles. The van der Waals surface area contributed by atoms with Crippen LogP contribution in [0, 0.1) is 0 Å². The van der Waals surface area contributed by atoms with Crippen LogP contribution in [0.1, 0.15) is 24.5 Å². The Labute approximate surface area is 192 Å². The molecule has 1 atom stereocenters. The molecule has 0 radical (unpaired) electrons. The van der Waals surface area contributed by atoms with Crippen LogP contribution in [-0.2, 0) is 10.5 Å². The van der Waals surface area contributed by atoms with Gasteiger partial charge in [-0.25, -0.2) is 4.98 Å². The Morgan fingerprint density at radius 1 is 1.16 bits per heavy atom. The van der Waals surface area contributed by atoms with Crippen molar-refractivity contribution < 1.29 is 14.3 Å². The number of ether oxygens (including phenoxy) is 2. The highest BCUT2D eigenvalue weighted by atomic mass is 32.2. The fourth-order valence-electron chi connectivity index (χ4n) is 3.27. The summed E-state index contributed by atoms with van der Waals surface area (Å²) in [6, 6.07) is 17.5. The van der Waals surface area contributed by atoms with E-state index in [4.69, 9.17) is 9.47 Å². The van der Waals surface area contributed by atoms with Crippen molar-refractivity contribution in [3.63, 3.8) is 0 Å². The second kappa shape index (κ2) is 9.01.